The highest BCUT2D eigenvalue weighted by Crippen LogP contribution is 2.39. The summed E-state index contributed by atoms with van der Waals surface area (Å²) in [6, 6.07) is 3.58. The second-order valence-electron chi connectivity index (χ2n) is 6.45. The first-order chi connectivity index (χ1) is 10.5. The standard InChI is InChI=1S/C18H21ClNO2P/c1-11-9-15(19)14(7-8-23(4,5)6)10-16(11)20-17(21)12(2)13(3)18(20)22/h7-10H,4H2,1-3,5-6H3. The third-order valence-electron chi connectivity index (χ3n) is 3.82. The van der Waals surface area contributed by atoms with Gasteiger partial charge in [0, 0.05) is 16.2 Å². The van der Waals surface area contributed by atoms with Gasteiger partial charge in [-0.1, -0.05) is 36.7 Å². The summed E-state index contributed by atoms with van der Waals surface area (Å²) in [5.74, 6) is 1.52. The highest BCUT2D eigenvalue weighted by atomic mass is 35.5. The molecular formula is C18H21ClNO2P. The van der Waals surface area contributed by atoms with Gasteiger partial charge in [-0.2, -0.15) is 0 Å². The van der Waals surface area contributed by atoms with E-state index in [1.165, 1.54) is 4.90 Å². The Labute approximate surface area is 142 Å². The van der Waals surface area contributed by atoms with Gasteiger partial charge in [0.2, 0.25) is 0 Å². The zero-order chi connectivity index (χ0) is 17.5. The lowest BCUT2D eigenvalue weighted by molar-refractivity contribution is -0.120. The van der Waals surface area contributed by atoms with Gasteiger partial charge >= 0.3 is 0 Å². The van der Waals surface area contributed by atoms with Gasteiger partial charge in [0.15, 0.2) is 0 Å². The Balaban J connectivity index is 2.53. The second-order valence-corrected chi connectivity index (χ2v) is 10.7. The molecule has 0 saturated heterocycles. The molecule has 0 aromatic heterocycles. The van der Waals surface area contributed by atoms with Gasteiger partial charge in [0.1, 0.15) is 0 Å². The minimum atomic E-state index is -1.34. The van der Waals surface area contributed by atoms with Crippen molar-refractivity contribution in [2.75, 3.05) is 18.2 Å². The van der Waals surface area contributed by atoms with Crippen molar-refractivity contribution in [2.24, 2.45) is 0 Å². The first-order valence-electron chi connectivity index (χ1n) is 7.26. The molecule has 1 aromatic rings. The van der Waals surface area contributed by atoms with Crippen LogP contribution in [0.15, 0.2) is 29.1 Å². The van der Waals surface area contributed by atoms with Gasteiger partial charge in [0.05, 0.1) is 5.69 Å². The van der Waals surface area contributed by atoms with Crippen LogP contribution in [0.2, 0.25) is 5.02 Å². The van der Waals surface area contributed by atoms with Crippen LogP contribution >= 0.6 is 18.5 Å². The van der Waals surface area contributed by atoms with Crippen molar-refractivity contribution in [1.29, 1.82) is 0 Å². The molecule has 122 valence electrons. The molecule has 0 N–H and O–H groups in total. The number of hydrogen-bond acceptors (Lipinski definition) is 2. The second kappa shape index (κ2) is 6.14. The maximum Gasteiger partial charge on any atom is 0.261 e. The lowest BCUT2D eigenvalue weighted by atomic mass is 10.1. The molecule has 1 aliphatic rings. The van der Waals surface area contributed by atoms with Crippen molar-refractivity contribution in [1.82, 2.24) is 0 Å². The van der Waals surface area contributed by atoms with E-state index in [0.717, 1.165) is 11.1 Å². The number of aryl methyl sites for hydroxylation is 1. The van der Waals surface area contributed by atoms with Gasteiger partial charge in [-0.05, 0) is 57.4 Å². The van der Waals surface area contributed by atoms with Gasteiger partial charge in [-0.25, -0.2) is 4.90 Å². The average Bonchev–Trinajstić information content (AvgIpc) is 2.62. The van der Waals surface area contributed by atoms with Crippen LogP contribution in [0.25, 0.3) is 6.08 Å². The molecule has 1 heterocycles. The Morgan fingerprint density at radius 1 is 1.09 bits per heavy atom. The van der Waals surface area contributed by atoms with E-state index in [1.807, 2.05) is 13.0 Å². The first-order valence-corrected chi connectivity index (χ1v) is 10.6. The summed E-state index contributed by atoms with van der Waals surface area (Å²) in [4.78, 5) is 26.0. The maximum atomic E-state index is 12.4. The summed E-state index contributed by atoms with van der Waals surface area (Å²) in [6.07, 6.45) is 6.05. The van der Waals surface area contributed by atoms with E-state index in [1.54, 1.807) is 26.0 Å². The molecule has 0 fully saturated rings. The lowest BCUT2D eigenvalue weighted by Gasteiger charge is -2.19. The van der Waals surface area contributed by atoms with E-state index in [0.29, 0.717) is 21.9 Å². The monoisotopic (exact) mass is 349 g/mol. The van der Waals surface area contributed by atoms with Gasteiger partial charge in [-0.15, -0.1) is 0 Å². The van der Waals surface area contributed by atoms with E-state index in [9.17, 15) is 9.59 Å². The van der Waals surface area contributed by atoms with Crippen molar-refractivity contribution in [3.05, 3.63) is 45.2 Å². The Hall–Kier alpha value is -1.57. The van der Waals surface area contributed by atoms with E-state index in [2.05, 4.69) is 25.4 Å². The highest BCUT2D eigenvalue weighted by Gasteiger charge is 2.35. The van der Waals surface area contributed by atoms with Crippen molar-refractivity contribution in [3.8, 4) is 0 Å². The molecule has 0 saturated carbocycles. The Morgan fingerprint density at radius 3 is 2.09 bits per heavy atom. The molecule has 2 amide bonds. The number of halogens is 1. The predicted octanol–water partition coefficient (Wildman–Crippen LogP) is 4.54. The SMILES string of the molecule is C=P(C)(C)C=Cc1cc(N2C(=O)C(C)=C(C)C2=O)c(C)cc1Cl. The maximum absolute atomic E-state index is 12.4. The molecule has 1 aromatic carbocycles. The third-order valence-corrected chi connectivity index (χ3v) is 5.11. The molecule has 0 aliphatic carbocycles. The molecule has 0 atom stereocenters. The molecule has 0 bridgehead atoms. The van der Waals surface area contributed by atoms with E-state index >= 15 is 0 Å². The van der Waals surface area contributed by atoms with Crippen molar-refractivity contribution < 1.29 is 9.59 Å². The zero-order valence-corrected chi connectivity index (χ0v) is 15.8. The molecule has 0 radical (unpaired) electrons. The Morgan fingerprint density at radius 2 is 1.61 bits per heavy atom. The Kier molecular flexibility index (Phi) is 4.75. The summed E-state index contributed by atoms with van der Waals surface area (Å²) in [5.41, 5.74) is 3.14. The van der Waals surface area contributed by atoms with Gasteiger partial charge in [-0.3, -0.25) is 9.59 Å². The van der Waals surface area contributed by atoms with Crippen molar-refractivity contribution >= 4 is 48.4 Å². The van der Waals surface area contributed by atoms with Crippen molar-refractivity contribution in [3.63, 3.8) is 0 Å². The minimum Gasteiger partial charge on any atom is -0.269 e. The number of amides is 2. The highest BCUT2D eigenvalue weighted by molar-refractivity contribution is 7.75. The van der Waals surface area contributed by atoms with E-state index in [4.69, 9.17) is 11.6 Å². The predicted molar refractivity (Wildman–Crippen MR) is 102 cm³/mol. The van der Waals surface area contributed by atoms with Gasteiger partial charge < -0.3 is 0 Å². The zero-order valence-electron chi connectivity index (χ0n) is 14.1. The molecule has 3 nitrogen and oxygen atoms in total. The van der Waals surface area contributed by atoms with Crippen molar-refractivity contribution in [2.45, 2.75) is 20.8 Å². The fourth-order valence-corrected chi connectivity index (χ4v) is 3.14. The third kappa shape index (κ3) is 3.52. The molecule has 0 unspecified atom stereocenters. The van der Waals surface area contributed by atoms with Crippen LogP contribution < -0.4 is 4.90 Å². The van der Waals surface area contributed by atoms with Crippen LogP contribution in [0, 0.1) is 6.92 Å². The summed E-state index contributed by atoms with van der Waals surface area (Å²) in [7, 11) is 0. The molecule has 0 spiro atoms. The number of carbonyl (C=O) groups is 2. The van der Waals surface area contributed by atoms with Gasteiger partial charge in [0.25, 0.3) is 11.8 Å². The largest absolute Gasteiger partial charge is 0.269 e. The number of imide groups is 1. The minimum absolute atomic E-state index is 0.266. The number of hydrogen-bond donors (Lipinski definition) is 0. The van der Waals surface area contributed by atoms with Crippen LogP contribution in [0.5, 0.6) is 0 Å². The van der Waals surface area contributed by atoms with Crippen LogP contribution in [0.1, 0.15) is 25.0 Å². The molecule has 2 rings (SSSR count). The fraction of sp³-hybridized carbons (Fsp3) is 0.278. The summed E-state index contributed by atoms with van der Waals surface area (Å²) >= 11 is 6.31. The molecule has 5 heteroatoms. The molecule has 23 heavy (non-hydrogen) atoms. The van der Waals surface area contributed by atoms with E-state index in [-0.39, 0.29) is 11.8 Å². The Bertz CT molecular complexity index is 791. The van der Waals surface area contributed by atoms with Crippen LogP contribution in [-0.2, 0) is 9.59 Å². The van der Waals surface area contributed by atoms with Crippen LogP contribution in [-0.4, -0.2) is 31.4 Å². The average molecular weight is 350 g/mol. The molecule has 1 aliphatic heterocycles. The summed E-state index contributed by atoms with van der Waals surface area (Å²) < 4.78 is 0. The quantitative estimate of drug-likeness (QED) is 0.593. The smallest absolute Gasteiger partial charge is 0.261 e. The fourth-order valence-electron chi connectivity index (χ4n) is 2.30. The lowest BCUT2D eigenvalue weighted by Crippen LogP contribution is -2.32. The molecular weight excluding hydrogens is 329 g/mol. The first kappa shape index (κ1) is 17.8. The normalized spacial score (nSPS) is 16.2. The van der Waals surface area contributed by atoms with Crippen LogP contribution in [0.4, 0.5) is 5.69 Å². The van der Waals surface area contributed by atoms with Crippen LogP contribution in [0.3, 0.4) is 0 Å². The summed E-state index contributed by atoms with van der Waals surface area (Å²) in [5, 5.41) is 0.594. The number of carbonyl (C=O) groups excluding carboxylic acids is 2. The number of nitrogens with zero attached hydrogens (tertiary/aromatic N) is 1. The number of anilines is 1. The topological polar surface area (TPSA) is 37.4 Å². The number of rotatable bonds is 3. The summed E-state index contributed by atoms with van der Waals surface area (Å²) in [6.45, 7) is 8.05. The number of benzene rings is 1. The van der Waals surface area contributed by atoms with E-state index < -0.39 is 6.89 Å².